The lowest BCUT2D eigenvalue weighted by molar-refractivity contribution is 0.102. The first-order chi connectivity index (χ1) is 14.9. The minimum absolute atomic E-state index is 0.0891. The van der Waals surface area contributed by atoms with Gasteiger partial charge >= 0.3 is 0 Å². The van der Waals surface area contributed by atoms with Gasteiger partial charge in [-0.1, -0.05) is 0 Å². The molecule has 3 aromatic heterocycles. The predicted octanol–water partition coefficient (Wildman–Crippen LogP) is 3.87. The number of nitrogens with one attached hydrogen (secondary N) is 1. The third-order valence-electron chi connectivity index (χ3n) is 4.47. The molecule has 1 N–H and O–H groups in total. The number of pyridine rings is 1. The van der Waals surface area contributed by atoms with Crippen molar-refractivity contribution in [2.75, 3.05) is 12.4 Å². The fraction of sp³-hybridized carbons (Fsp3) is 0.0952. The molecule has 0 saturated heterocycles. The molecule has 1 amide bonds. The third kappa shape index (κ3) is 4.71. The molecule has 4 rings (SSSR count). The standard InChI is InChI=1S/C21H18N4O4S2/c1-25(13-17-5-3-11-29-17)31(27,28)18-8-6-15(7-9-18)20(26)24-21-23-19(14-30-21)16-4-2-10-22-12-16/h2-12,14H,13H2,1H3,(H,23,24,26). The van der Waals surface area contributed by atoms with Crippen LogP contribution in [-0.4, -0.2) is 35.6 Å². The zero-order chi connectivity index (χ0) is 21.8. The van der Waals surface area contributed by atoms with Crippen LogP contribution in [0.25, 0.3) is 11.3 Å². The summed E-state index contributed by atoms with van der Waals surface area (Å²) < 4.78 is 31.9. The van der Waals surface area contributed by atoms with Crippen molar-refractivity contribution in [3.8, 4) is 11.3 Å². The van der Waals surface area contributed by atoms with Crippen molar-refractivity contribution in [2.45, 2.75) is 11.4 Å². The maximum atomic E-state index is 12.7. The number of furan rings is 1. The lowest BCUT2D eigenvalue weighted by atomic mass is 10.2. The minimum Gasteiger partial charge on any atom is -0.468 e. The van der Waals surface area contributed by atoms with Crippen LogP contribution in [0.5, 0.6) is 0 Å². The number of benzene rings is 1. The molecule has 0 spiro atoms. The number of sulfonamides is 1. The number of amides is 1. The normalized spacial score (nSPS) is 11.5. The summed E-state index contributed by atoms with van der Waals surface area (Å²) in [6.45, 7) is 0.112. The van der Waals surface area contributed by atoms with Crippen molar-refractivity contribution in [2.24, 2.45) is 0 Å². The monoisotopic (exact) mass is 454 g/mol. The van der Waals surface area contributed by atoms with Crippen LogP contribution < -0.4 is 5.32 Å². The fourth-order valence-electron chi connectivity index (χ4n) is 2.81. The molecule has 4 aromatic rings. The van der Waals surface area contributed by atoms with Crippen LogP contribution in [0.15, 0.2) is 81.9 Å². The fourth-order valence-corrected chi connectivity index (χ4v) is 4.66. The average molecular weight is 455 g/mol. The first-order valence-electron chi connectivity index (χ1n) is 9.19. The smallest absolute Gasteiger partial charge is 0.257 e. The van der Waals surface area contributed by atoms with Crippen molar-refractivity contribution >= 4 is 32.4 Å². The number of nitrogens with zero attached hydrogens (tertiary/aromatic N) is 3. The largest absolute Gasteiger partial charge is 0.468 e. The van der Waals surface area contributed by atoms with Crippen LogP contribution in [0.3, 0.4) is 0 Å². The minimum atomic E-state index is -3.72. The molecule has 31 heavy (non-hydrogen) atoms. The van der Waals surface area contributed by atoms with E-state index in [0.717, 1.165) is 11.3 Å². The molecule has 0 unspecified atom stereocenters. The van der Waals surface area contributed by atoms with Gasteiger partial charge in [0.05, 0.1) is 23.4 Å². The van der Waals surface area contributed by atoms with Gasteiger partial charge in [-0.15, -0.1) is 11.3 Å². The number of carbonyl (C=O) groups is 1. The number of thiazole rings is 1. The topological polar surface area (TPSA) is 105 Å². The Labute approximate surface area is 183 Å². The van der Waals surface area contributed by atoms with Gasteiger partial charge in [-0.3, -0.25) is 15.1 Å². The van der Waals surface area contributed by atoms with E-state index in [2.05, 4.69) is 15.3 Å². The molecule has 0 aliphatic carbocycles. The summed E-state index contributed by atoms with van der Waals surface area (Å²) in [5, 5.41) is 5.01. The first-order valence-corrected chi connectivity index (χ1v) is 11.5. The molecule has 0 saturated carbocycles. The Balaban J connectivity index is 1.44. The molecular formula is C21H18N4O4S2. The van der Waals surface area contributed by atoms with Gasteiger partial charge in [-0.25, -0.2) is 13.4 Å². The second-order valence-electron chi connectivity index (χ2n) is 6.60. The SMILES string of the molecule is CN(Cc1ccco1)S(=O)(=O)c1ccc(C(=O)Nc2nc(-c3cccnc3)cs2)cc1. The van der Waals surface area contributed by atoms with E-state index in [9.17, 15) is 13.2 Å². The molecule has 1 aromatic carbocycles. The van der Waals surface area contributed by atoms with Gasteiger partial charge in [0.15, 0.2) is 5.13 Å². The van der Waals surface area contributed by atoms with Crippen molar-refractivity contribution in [3.63, 3.8) is 0 Å². The maximum absolute atomic E-state index is 12.7. The molecule has 0 atom stereocenters. The van der Waals surface area contributed by atoms with Crippen LogP contribution >= 0.6 is 11.3 Å². The first kappa shape index (κ1) is 20.9. The highest BCUT2D eigenvalue weighted by Crippen LogP contribution is 2.25. The van der Waals surface area contributed by atoms with Gasteiger partial charge in [0.2, 0.25) is 10.0 Å². The zero-order valence-corrected chi connectivity index (χ0v) is 18.1. The molecule has 0 aliphatic rings. The van der Waals surface area contributed by atoms with E-state index in [1.165, 1.54) is 53.2 Å². The third-order valence-corrected chi connectivity index (χ3v) is 7.04. The predicted molar refractivity (Wildman–Crippen MR) is 117 cm³/mol. The Morgan fingerprint density at radius 3 is 2.65 bits per heavy atom. The molecule has 8 nitrogen and oxygen atoms in total. The maximum Gasteiger partial charge on any atom is 0.257 e. The van der Waals surface area contributed by atoms with Gasteiger partial charge in [0.25, 0.3) is 5.91 Å². The number of anilines is 1. The van der Waals surface area contributed by atoms with Gasteiger partial charge in [-0.2, -0.15) is 4.31 Å². The molecule has 0 fully saturated rings. The summed E-state index contributed by atoms with van der Waals surface area (Å²) in [4.78, 5) is 21.1. The summed E-state index contributed by atoms with van der Waals surface area (Å²) in [7, 11) is -2.25. The summed E-state index contributed by atoms with van der Waals surface area (Å²) in [6.07, 6.45) is 4.87. The highest BCUT2D eigenvalue weighted by Gasteiger charge is 2.22. The second-order valence-corrected chi connectivity index (χ2v) is 9.50. The van der Waals surface area contributed by atoms with Crippen molar-refractivity contribution in [1.82, 2.24) is 14.3 Å². The number of rotatable bonds is 7. The van der Waals surface area contributed by atoms with Crippen LogP contribution in [0, 0.1) is 0 Å². The van der Waals surface area contributed by atoms with Gasteiger partial charge < -0.3 is 4.42 Å². The van der Waals surface area contributed by atoms with E-state index >= 15 is 0 Å². The highest BCUT2D eigenvalue weighted by molar-refractivity contribution is 7.89. The molecule has 0 radical (unpaired) electrons. The van der Waals surface area contributed by atoms with E-state index in [1.54, 1.807) is 24.5 Å². The molecule has 0 aliphatic heterocycles. The van der Waals surface area contributed by atoms with Gasteiger partial charge in [-0.05, 0) is 48.5 Å². The van der Waals surface area contributed by atoms with Crippen LogP contribution in [0.2, 0.25) is 0 Å². The Kier molecular flexibility index (Phi) is 5.94. The average Bonchev–Trinajstić information content (AvgIpc) is 3.46. The van der Waals surface area contributed by atoms with Crippen LogP contribution in [0.1, 0.15) is 16.1 Å². The summed E-state index contributed by atoms with van der Waals surface area (Å²) in [6, 6.07) is 12.9. The van der Waals surface area contributed by atoms with E-state index in [1.807, 2.05) is 17.5 Å². The summed E-state index contributed by atoms with van der Waals surface area (Å²) in [5.74, 6) is 0.163. The van der Waals surface area contributed by atoms with Crippen molar-refractivity contribution < 1.29 is 17.6 Å². The van der Waals surface area contributed by atoms with E-state index in [0.29, 0.717) is 16.5 Å². The van der Waals surface area contributed by atoms with Crippen molar-refractivity contribution in [3.05, 3.63) is 83.9 Å². The summed E-state index contributed by atoms with van der Waals surface area (Å²) in [5.41, 5.74) is 1.90. The molecule has 3 heterocycles. The molecule has 0 bridgehead atoms. The quantitative estimate of drug-likeness (QED) is 0.454. The van der Waals surface area contributed by atoms with Crippen LogP contribution in [0.4, 0.5) is 5.13 Å². The highest BCUT2D eigenvalue weighted by atomic mass is 32.2. The van der Waals surface area contributed by atoms with Gasteiger partial charge in [0, 0.05) is 35.9 Å². The molecular weight excluding hydrogens is 436 g/mol. The van der Waals surface area contributed by atoms with Gasteiger partial charge in [0.1, 0.15) is 5.76 Å². The molecule has 10 heteroatoms. The van der Waals surface area contributed by atoms with E-state index < -0.39 is 10.0 Å². The number of carbonyl (C=O) groups excluding carboxylic acids is 1. The second kappa shape index (κ2) is 8.80. The molecule has 158 valence electrons. The Morgan fingerprint density at radius 1 is 1.16 bits per heavy atom. The Hall–Kier alpha value is -3.34. The Morgan fingerprint density at radius 2 is 1.97 bits per heavy atom. The number of hydrogen-bond acceptors (Lipinski definition) is 7. The lowest BCUT2D eigenvalue weighted by Crippen LogP contribution is -2.26. The van der Waals surface area contributed by atoms with Crippen LogP contribution in [-0.2, 0) is 16.6 Å². The number of aromatic nitrogens is 2. The van der Waals surface area contributed by atoms with E-state index in [-0.39, 0.29) is 17.3 Å². The summed E-state index contributed by atoms with van der Waals surface area (Å²) >= 11 is 1.30. The number of hydrogen-bond donors (Lipinski definition) is 1. The zero-order valence-electron chi connectivity index (χ0n) is 16.4. The Bertz CT molecular complexity index is 1270. The lowest BCUT2D eigenvalue weighted by Gasteiger charge is -2.16. The van der Waals surface area contributed by atoms with E-state index in [4.69, 9.17) is 4.42 Å². The van der Waals surface area contributed by atoms with Crippen molar-refractivity contribution in [1.29, 1.82) is 0 Å².